The molecular weight excluding hydrogens is 252 g/mol. The molecule has 0 heterocycles. The minimum Gasteiger partial charge on any atom is -0.493 e. The molecule has 1 fully saturated rings. The first-order valence-electron chi connectivity index (χ1n) is 6.19. The van der Waals surface area contributed by atoms with E-state index in [4.69, 9.17) is 21.4 Å². The topological polar surface area (TPSA) is 46.5 Å². The van der Waals surface area contributed by atoms with Crippen molar-refractivity contribution < 1.29 is 14.6 Å². The zero-order valence-corrected chi connectivity index (χ0v) is 11.1. The highest BCUT2D eigenvalue weighted by Crippen LogP contribution is 2.30. The number of halogens is 1. The van der Waals surface area contributed by atoms with E-state index < -0.39 is 11.9 Å². The van der Waals surface area contributed by atoms with Gasteiger partial charge in [0.15, 0.2) is 0 Å². The van der Waals surface area contributed by atoms with Crippen LogP contribution >= 0.6 is 11.6 Å². The van der Waals surface area contributed by atoms with E-state index in [1.807, 2.05) is 6.07 Å². The first-order chi connectivity index (χ1) is 8.54. The standard InChI is InChI=1S/C14H17ClO3/c1-9(14(16)17)4-11-5-12(15)7-13(6-11)18-8-10-2-3-10/h5-7,9-10H,2-4,8H2,1H3,(H,16,17). The molecule has 1 saturated carbocycles. The molecule has 1 aliphatic rings. The first-order valence-corrected chi connectivity index (χ1v) is 6.57. The Morgan fingerprint density at radius 3 is 2.83 bits per heavy atom. The number of hydrogen-bond acceptors (Lipinski definition) is 2. The Morgan fingerprint density at radius 1 is 1.50 bits per heavy atom. The van der Waals surface area contributed by atoms with Gasteiger partial charge in [0.1, 0.15) is 5.75 Å². The van der Waals surface area contributed by atoms with E-state index >= 15 is 0 Å². The fraction of sp³-hybridized carbons (Fsp3) is 0.500. The third-order valence-electron chi connectivity index (χ3n) is 3.08. The van der Waals surface area contributed by atoms with Crippen molar-refractivity contribution in [3.63, 3.8) is 0 Å². The lowest BCUT2D eigenvalue weighted by molar-refractivity contribution is -0.141. The van der Waals surface area contributed by atoms with Crippen molar-refractivity contribution in [3.05, 3.63) is 28.8 Å². The van der Waals surface area contributed by atoms with E-state index in [0.717, 1.165) is 17.9 Å². The number of carbonyl (C=O) groups is 1. The second kappa shape index (κ2) is 5.61. The van der Waals surface area contributed by atoms with E-state index in [-0.39, 0.29) is 0 Å². The smallest absolute Gasteiger partial charge is 0.306 e. The summed E-state index contributed by atoms with van der Waals surface area (Å²) in [5, 5.41) is 9.50. The molecule has 98 valence electrons. The van der Waals surface area contributed by atoms with Crippen LogP contribution < -0.4 is 4.74 Å². The second-order valence-electron chi connectivity index (χ2n) is 4.99. The predicted octanol–water partition coefficient (Wildman–Crippen LogP) is 3.39. The molecular formula is C14H17ClO3. The molecule has 18 heavy (non-hydrogen) atoms. The van der Waals surface area contributed by atoms with E-state index in [0.29, 0.717) is 17.4 Å². The normalized spacial score (nSPS) is 16.3. The van der Waals surface area contributed by atoms with Gasteiger partial charge in [0.2, 0.25) is 0 Å². The van der Waals surface area contributed by atoms with Crippen LogP contribution in [0.1, 0.15) is 25.3 Å². The van der Waals surface area contributed by atoms with Crippen molar-refractivity contribution in [1.29, 1.82) is 0 Å². The zero-order chi connectivity index (χ0) is 13.1. The zero-order valence-electron chi connectivity index (χ0n) is 10.4. The van der Waals surface area contributed by atoms with Crippen molar-refractivity contribution in [1.82, 2.24) is 0 Å². The van der Waals surface area contributed by atoms with Gasteiger partial charge in [0.25, 0.3) is 0 Å². The first kappa shape index (κ1) is 13.2. The molecule has 1 unspecified atom stereocenters. The van der Waals surface area contributed by atoms with Gasteiger partial charge in [-0.25, -0.2) is 0 Å². The lowest BCUT2D eigenvalue weighted by Crippen LogP contribution is -2.12. The van der Waals surface area contributed by atoms with Gasteiger partial charge in [-0.1, -0.05) is 18.5 Å². The van der Waals surface area contributed by atoms with Crippen LogP contribution in [0.25, 0.3) is 0 Å². The number of benzene rings is 1. The molecule has 1 N–H and O–H groups in total. The summed E-state index contributed by atoms with van der Waals surface area (Å²) in [5.41, 5.74) is 0.906. The summed E-state index contributed by atoms with van der Waals surface area (Å²) in [5.74, 6) is 0.211. The summed E-state index contributed by atoms with van der Waals surface area (Å²) in [4.78, 5) is 10.8. The summed E-state index contributed by atoms with van der Waals surface area (Å²) < 4.78 is 5.66. The van der Waals surface area contributed by atoms with Gasteiger partial charge in [0.05, 0.1) is 12.5 Å². The molecule has 0 spiro atoms. The summed E-state index contributed by atoms with van der Waals surface area (Å²) in [6, 6.07) is 5.46. The lowest BCUT2D eigenvalue weighted by atomic mass is 10.0. The largest absolute Gasteiger partial charge is 0.493 e. The van der Waals surface area contributed by atoms with Gasteiger partial charge >= 0.3 is 5.97 Å². The van der Waals surface area contributed by atoms with E-state index in [9.17, 15) is 4.79 Å². The van der Waals surface area contributed by atoms with E-state index in [1.54, 1.807) is 19.1 Å². The number of ether oxygens (including phenoxy) is 1. The molecule has 1 aromatic rings. The van der Waals surface area contributed by atoms with Crippen LogP contribution in [0.2, 0.25) is 5.02 Å². The monoisotopic (exact) mass is 268 g/mol. The van der Waals surface area contributed by atoms with E-state index in [2.05, 4.69) is 0 Å². The fourth-order valence-electron chi connectivity index (χ4n) is 1.76. The molecule has 0 amide bonds. The molecule has 3 nitrogen and oxygen atoms in total. The van der Waals surface area contributed by atoms with E-state index in [1.165, 1.54) is 12.8 Å². The van der Waals surface area contributed by atoms with Gasteiger partial charge in [-0.2, -0.15) is 0 Å². The predicted molar refractivity (Wildman–Crippen MR) is 70.2 cm³/mol. The Hall–Kier alpha value is -1.22. The average molecular weight is 269 g/mol. The van der Waals surface area contributed by atoms with Crippen LogP contribution in [0.3, 0.4) is 0 Å². The molecule has 0 saturated heterocycles. The minimum atomic E-state index is -0.796. The maximum atomic E-state index is 10.8. The van der Waals surface area contributed by atoms with Crippen LogP contribution in [-0.4, -0.2) is 17.7 Å². The van der Waals surface area contributed by atoms with Crippen LogP contribution in [0.15, 0.2) is 18.2 Å². The molecule has 0 radical (unpaired) electrons. The average Bonchev–Trinajstić information content (AvgIpc) is 3.09. The number of carboxylic acids is 1. The van der Waals surface area contributed by atoms with Crippen LogP contribution in [0, 0.1) is 11.8 Å². The molecule has 2 rings (SSSR count). The lowest BCUT2D eigenvalue weighted by Gasteiger charge is -2.10. The highest BCUT2D eigenvalue weighted by molar-refractivity contribution is 6.30. The number of rotatable bonds is 6. The van der Waals surface area contributed by atoms with Crippen molar-refractivity contribution in [3.8, 4) is 5.75 Å². The highest BCUT2D eigenvalue weighted by Gasteiger charge is 2.22. The van der Waals surface area contributed by atoms with Crippen molar-refractivity contribution in [2.75, 3.05) is 6.61 Å². The van der Waals surface area contributed by atoms with Gasteiger partial charge in [-0.15, -0.1) is 0 Å². The Labute approximate surface area is 112 Å². The highest BCUT2D eigenvalue weighted by atomic mass is 35.5. The van der Waals surface area contributed by atoms with Crippen molar-refractivity contribution >= 4 is 17.6 Å². The summed E-state index contributed by atoms with van der Waals surface area (Å²) in [7, 11) is 0. The molecule has 0 aliphatic heterocycles. The van der Waals surface area contributed by atoms with Gasteiger partial charge in [-0.05, 0) is 48.9 Å². The van der Waals surface area contributed by atoms with Gasteiger partial charge in [-0.3, -0.25) is 4.79 Å². The van der Waals surface area contributed by atoms with Crippen LogP contribution in [-0.2, 0) is 11.2 Å². The molecule has 4 heteroatoms. The Bertz CT molecular complexity index is 441. The third-order valence-corrected chi connectivity index (χ3v) is 3.30. The summed E-state index contributed by atoms with van der Waals surface area (Å²) in [6.45, 7) is 2.42. The fourth-order valence-corrected chi connectivity index (χ4v) is 2.01. The number of carboxylic acid groups (broad SMARTS) is 1. The third kappa shape index (κ3) is 3.91. The molecule has 0 bridgehead atoms. The Kier molecular flexibility index (Phi) is 4.12. The van der Waals surface area contributed by atoms with Crippen LogP contribution in [0.4, 0.5) is 0 Å². The Balaban J connectivity index is 2.02. The van der Waals surface area contributed by atoms with Gasteiger partial charge in [0, 0.05) is 5.02 Å². The molecule has 1 aromatic carbocycles. The van der Waals surface area contributed by atoms with Crippen molar-refractivity contribution in [2.45, 2.75) is 26.2 Å². The van der Waals surface area contributed by atoms with Gasteiger partial charge < -0.3 is 9.84 Å². The quantitative estimate of drug-likeness (QED) is 0.860. The Morgan fingerprint density at radius 2 is 2.22 bits per heavy atom. The number of aliphatic carboxylic acids is 1. The second-order valence-corrected chi connectivity index (χ2v) is 5.43. The molecule has 1 atom stereocenters. The maximum Gasteiger partial charge on any atom is 0.306 e. The summed E-state index contributed by atoms with van der Waals surface area (Å²) >= 11 is 6.02. The SMILES string of the molecule is CC(Cc1cc(Cl)cc(OCC2CC2)c1)C(=O)O. The van der Waals surface area contributed by atoms with Crippen LogP contribution in [0.5, 0.6) is 5.75 Å². The minimum absolute atomic E-state index is 0.417. The number of hydrogen-bond donors (Lipinski definition) is 1. The summed E-state index contributed by atoms with van der Waals surface area (Å²) in [6.07, 6.45) is 2.95. The molecule has 0 aromatic heterocycles. The molecule has 1 aliphatic carbocycles. The van der Waals surface area contributed by atoms with Crippen molar-refractivity contribution in [2.24, 2.45) is 11.8 Å². The maximum absolute atomic E-state index is 10.8.